The van der Waals surface area contributed by atoms with Crippen molar-refractivity contribution in [2.75, 3.05) is 20.2 Å². The zero-order valence-corrected chi connectivity index (χ0v) is 17.9. The molecular weight excluding hydrogens is 412 g/mol. The lowest BCUT2D eigenvalue weighted by Crippen LogP contribution is -2.39. The molecule has 3 heterocycles. The number of aromatic hydroxyl groups is 1. The molecule has 154 valence electrons. The summed E-state index contributed by atoms with van der Waals surface area (Å²) in [6.07, 6.45) is 2.15. The van der Waals surface area contributed by atoms with Gasteiger partial charge in [0.25, 0.3) is 0 Å². The van der Waals surface area contributed by atoms with E-state index in [-0.39, 0.29) is 23.8 Å². The van der Waals surface area contributed by atoms with Crippen molar-refractivity contribution in [2.45, 2.75) is 32.2 Å². The Hall–Kier alpha value is -2.16. The van der Waals surface area contributed by atoms with Gasteiger partial charge in [-0.2, -0.15) is 4.52 Å². The maximum absolute atomic E-state index is 11.9. The predicted molar refractivity (Wildman–Crippen MR) is 112 cm³/mol. The summed E-state index contributed by atoms with van der Waals surface area (Å²) in [5.74, 6) is 0.596. The second-order valence-electron chi connectivity index (χ2n) is 7.15. The Bertz CT molecular complexity index is 1010. The van der Waals surface area contributed by atoms with Gasteiger partial charge in [0, 0.05) is 11.4 Å². The average molecular weight is 435 g/mol. The van der Waals surface area contributed by atoms with Crippen LogP contribution < -0.4 is 0 Å². The molecule has 0 spiro atoms. The number of thiazole rings is 1. The molecule has 0 aliphatic carbocycles. The van der Waals surface area contributed by atoms with Crippen molar-refractivity contribution in [1.82, 2.24) is 19.5 Å². The first-order valence-corrected chi connectivity index (χ1v) is 10.9. The molecule has 1 atom stereocenters. The third kappa shape index (κ3) is 3.84. The highest BCUT2D eigenvalue weighted by atomic mass is 35.5. The Morgan fingerprint density at radius 1 is 1.34 bits per heavy atom. The molecule has 1 aromatic carbocycles. The minimum absolute atomic E-state index is 0.0786. The number of likely N-dealkylation sites (tertiary alicyclic amines) is 1. The summed E-state index contributed by atoms with van der Waals surface area (Å²) in [4.78, 5) is 20.2. The highest BCUT2D eigenvalue weighted by molar-refractivity contribution is 7.17. The molecule has 7 nitrogen and oxygen atoms in total. The zero-order valence-electron chi connectivity index (χ0n) is 16.3. The van der Waals surface area contributed by atoms with Gasteiger partial charge < -0.3 is 9.84 Å². The fraction of sp³-hybridized carbons (Fsp3) is 0.450. The molecule has 1 aliphatic heterocycles. The fourth-order valence-electron chi connectivity index (χ4n) is 3.85. The van der Waals surface area contributed by atoms with Crippen molar-refractivity contribution < 1.29 is 14.6 Å². The van der Waals surface area contributed by atoms with Gasteiger partial charge in [0.2, 0.25) is 10.8 Å². The molecule has 0 bridgehead atoms. The predicted octanol–water partition coefficient (Wildman–Crippen LogP) is 3.69. The quantitative estimate of drug-likeness (QED) is 0.617. The van der Waals surface area contributed by atoms with E-state index in [2.05, 4.69) is 15.0 Å². The molecule has 2 aromatic heterocycles. The van der Waals surface area contributed by atoms with E-state index in [9.17, 15) is 9.90 Å². The number of ether oxygens (including phenoxy) is 1. The van der Waals surface area contributed by atoms with Crippen LogP contribution in [0.5, 0.6) is 5.88 Å². The van der Waals surface area contributed by atoms with Gasteiger partial charge in [-0.15, -0.1) is 5.10 Å². The van der Waals surface area contributed by atoms with Crippen LogP contribution in [0.3, 0.4) is 0 Å². The van der Waals surface area contributed by atoms with E-state index in [1.807, 2.05) is 31.2 Å². The summed E-state index contributed by atoms with van der Waals surface area (Å²) in [5.41, 5.74) is 1.03. The number of aryl methyl sites for hydroxylation is 1. The molecule has 0 radical (unpaired) electrons. The van der Waals surface area contributed by atoms with Crippen molar-refractivity contribution in [1.29, 1.82) is 0 Å². The third-order valence-corrected chi connectivity index (χ3v) is 6.75. The SMILES string of the molecule is CCc1nc2sc([C@H](c3ccc(Cl)cc3)N3CCC(C(=O)OC)CC3)c(O)n2n1. The van der Waals surface area contributed by atoms with Gasteiger partial charge in [0.1, 0.15) is 0 Å². The first-order valence-electron chi connectivity index (χ1n) is 9.66. The number of hydrogen-bond donors (Lipinski definition) is 1. The van der Waals surface area contributed by atoms with E-state index in [1.54, 1.807) is 0 Å². The van der Waals surface area contributed by atoms with E-state index in [4.69, 9.17) is 16.3 Å². The number of rotatable bonds is 5. The molecule has 29 heavy (non-hydrogen) atoms. The third-order valence-electron chi connectivity index (χ3n) is 5.42. The summed E-state index contributed by atoms with van der Waals surface area (Å²) in [5, 5.41) is 16.0. The molecule has 4 rings (SSSR count). The number of carbonyl (C=O) groups is 1. The number of aromatic nitrogens is 3. The van der Waals surface area contributed by atoms with Crippen molar-refractivity contribution in [3.05, 3.63) is 45.6 Å². The van der Waals surface area contributed by atoms with Gasteiger partial charge in [-0.25, -0.2) is 4.98 Å². The lowest BCUT2D eigenvalue weighted by molar-refractivity contribution is -0.147. The summed E-state index contributed by atoms with van der Waals surface area (Å²) in [6, 6.07) is 7.51. The maximum Gasteiger partial charge on any atom is 0.308 e. The second-order valence-corrected chi connectivity index (χ2v) is 8.60. The van der Waals surface area contributed by atoms with Gasteiger partial charge in [-0.1, -0.05) is 42.0 Å². The lowest BCUT2D eigenvalue weighted by atomic mass is 9.94. The van der Waals surface area contributed by atoms with Crippen LogP contribution in [0, 0.1) is 5.92 Å². The summed E-state index contributed by atoms with van der Waals surface area (Å²) in [7, 11) is 1.43. The van der Waals surface area contributed by atoms with Crippen LogP contribution in [0.4, 0.5) is 0 Å². The van der Waals surface area contributed by atoms with Gasteiger partial charge >= 0.3 is 5.97 Å². The van der Waals surface area contributed by atoms with E-state index in [0.717, 1.165) is 36.4 Å². The molecule has 1 aliphatic rings. The van der Waals surface area contributed by atoms with Crippen molar-refractivity contribution in [2.24, 2.45) is 5.92 Å². The zero-order chi connectivity index (χ0) is 20.5. The maximum atomic E-state index is 11.9. The number of halogens is 1. The second kappa shape index (κ2) is 8.30. The average Bonchev–Trinajstić information content (AvgIpc) is 3.29. The topological polar surface area (TPSA) is 80.0 Å². The Morgan fingerprint density at radius 2 is 2.03 bits per heavy atom. The minimum Gasteiger partial charge on any atom is -0.492 e. The number of carbonyl (C=O) groups excluding carboxylic acids is 1. The molecule has 9 heteroatoms. The number of methoxy groups -OCH3 is 1. The Labute approximate surface area is 177 Å². The Morgan fingerprint density at radius 3 is 2.62 bits per heavy atom. The number of hydrogen-bond acceptors (Lipinski definition) is 7. The van der Waals surface area contributed by atoms with Crippen LogP contribution in [-0.2, 0) is 16.0 Å². The van der Waals surface area contributed by atoms with Crippen LogP contribution in [0.25, 0.3) is 4.96 Å². The van der Waals surface area contributed by atoms with E-state index < -0.39 is 0 Å². The van der Waals surface area contributed by atoms with Crippen molar-refractivity contribution >= 4 is 33.9 Å². The van der Waals surface area contributed by atoms with Crippen molar-refractivity contribution in [3.8, 4) is 5.88 Å². The van der Waals surface area contributed by atoms with E-state index >= 15 is 0 Å². The van der Waals surface area contributed by atoms with Crippen LogP contribution in [0.1, 0.15) is 42.1 Å². The van der Waals surface area contributed by atoms with Gasteiger partial charge in [0.05, 0.1) is 23.9 Å². The van der Waals surface area contributed by atoms with Gasteiger partial charge in [-0.05, 0) is 43.6 Å². The first kappa shape index (κ1) is 20.1. The molecule has 1 N–H and O–H groups in total. The van der Waals surface area contributed by atoms with Crippen molar-refractivity contribution in [3.63, 3.8) is 0 Å². The number of fused-ring (bicyclic) bond motifs is 1. The van der Waals surface area contributed by atoms with Crippen LogP contribution in [0.15, 0.2) is 24.3 Å². The van der Waals surface area contributed by atoms with Crippen LogP contribution >= 0.6 is 22.9 Å². The smallest absolute Gasteiger partial charge is 0.308 e. The molecule has 1 saturated heterocycles. The molecule has 3 aromatic rings. The summed E-state index contributed by atoms with van der Waals surface area (Å²) in [6.45, 7) is 3.43. The van der Waals surface area contributed by atoms with Crippen LogP contribution in [-0.4, -0.2) is 50.8 Å². The van der Waals surface area contributed by atoms with Crippen LogP contribution in [0.2, 0.25) is 5.02 Å². The Kier molecular flexibility index (Phi) is 5.76. The standard InChI is InChI=1S/C20H23ClN4O3S/c1-3-15-22-20-25(23-15)18(26)17(29-20)16(12-4-6-14(21)7-5-12)24-10-8-13(9-11-24)19(27)28-2/h4-7,13,16,26H,3,8-11H2,1-2H3/t16-/m0/s1. The fourth-order valence-corrected chi connectivity index (χ4v) is 5.11. The largest absolute Gasteiger partial charge is 0.492 e. The number of nitrogens with zero attached hydrogens (tertiary/aromatic N) is 4. The molecule has 0 saturated carbocycles. The summed E-state index contributed by atoms with van der Waals surface area (Å²) >= 11 is 7.54. The molecular formula is C20H23ClN4O3S. The molecule has 0 amide bonds. The normalized spacial score (nSPS) is 16.9. The highest BCUT2D eigenvalue weighted by Gasteiger charge is 2.34. The first-order chi connectivity index (χ1) is 14.0. The molecule has 1 fully saturated rings. The molecule has 0 unspecified atom stereocenters. The number of piperidine rings is 1. The minimum atomic E-state index is -0.163. The highest BCUT2D eigenvalue weighted by Crippen LogP contribution is 2.41. The van der Waals surface area contributed by atoms with Gasteiger partial charge in [0.15, 0.2) is 5.82 Å². The Balaban J connectivity index is 1.70. The van der Waals surface area contributed by atoms with Gasteiger partial charge in [-0.3, -0.25) is 9.69 Å². The van der Waals surface area contributed by atoms with E-state index in [0.29, 0.717) is 22.2 Å². The lowest BCUT2D eigenvalue weighted by Gasteiger charge is -2.36. The number of esters is 1. The monoisotopic (exact) mass is 434 g/mol. The van der Waals surface area contributed by atoms with E-state index in [1.165, 1.54) is 23.0 Å². The summed E-state index contributed by atoms with van der Waals surface area (Å²) < 4.78 is 6.43. The number of benzene rings is 1.